The summed E-state index contributed by atoms with van der Waals surface area (Å²) < 4.78 is 0. The average molecular weight is 165 g/mol. The molecule has 0 amide bonds. The predicted octanol–water partition coefficient (Wildman–Crippen LogP) is 1.08. The standard InChI is InChI=1S/C8H9N2S/c1-2-7-5-6(8(9)11)3-4-10-7/h3-4H,2H2,1H3,(H2,9,11). The van der Waals surface area contributed by atoms with Gasteiger partial charge in [-0.05, 0) is 12.5 Å². The van der Waals surface area contributed by atoms with E-state index in [0.717, 1.165) is 17.7 Å². The van der Waals surface area contributed by atoms with E-state index in [0.29, 0.717) is 4.99 Å². The van der Waals surface area contributed by atoms with Crippen molar-refractivity contribution >= 4 is 17.2 Å². The first kappa shape index (κ1) is 8.14. The van der Waals surface area contributed by atoms with Crippen LogP contribution < -0.4 is 5.73 Å². The van der Waals surface area contributed by atoms with E-state index in [1.807, 2.05) is 6.92 Å². The van der Waals surface area contributed by atoms with Crippen molar-refractivity contribution in [3.63, 3.8) is 0 Å². The first-order valence-electron chi connectivity index (χ1n) is 3.41. The molecule has 0 aromatic carbocycles. The lowest BCUT2D eigenvalue weighted by Crippen LogP contribution is -2.10. The molecule has 0 aliphatic heterocycles. The van der Waals surface area contributed by atoms with Crippen LogP contribution in [0.15, 0.2) is 12.3 Å². The topological polar surface area (TPSA) is 38.9 Å². The Kier molecular flexibility index (Phi) is 2.54. The summed E-state index contributed by atoms with van der Waals surface area (Å²) in [7, 11) is 0. The van der Waals surface area contributed by atoms with E-state index in [1.54, 1.807) is 12.3 Å². The highest BCUT2D eigenvalue weighted by Gasteiger charge is 1.97. The highest BCUT2D eigenvalue weighted by molar-refractivity contribution is 7.80. The Labute approximate surface area is 71.4 Å². The molecule has 2 N–H and O–H groups in total. The molecular weight excluding hydrogens is 156 g/mol. The zero-order valence-corrected chi connectivity index (χ0v) is 7.11. The number of nitrogens with zero attached hydrogens (tertiary/aromatic N) is 1. The maximum Gasteiger partial charge on any atom is 0.104 e. The van der Waals surface area contributed by atoms with Gasteiger partial charge in [0.25, 0.3) is 0 Å². The molecule has 0 saturated heterocycles. The van der Waals surface area contributed by atoms with Crippen LogP contribution in [0.5, 0.6) is 0 Å². The summed E-state index contributed by atoms with van der Waals surface area (Å²) >= 11 is 4.79. The van der Waals surface area contributed by atoms with Crippen LogP contribution in [0, 0.1) is 6.07 Å². The highest BCUT2D eigenvalue weighted by atomic mass is 32.1. The Morgan fingerprint density at radius 1 is 1.82 bits per heavy atom. The Morgan fingerprint density at radius 3 is 3.09 bits per heavy atom. The summed E-state index contributed by atoms with van der Waals surface area (Å²) in [5.41, 5.74) is 7.08. The summed E-state index contributed by atoms with van der Waals surface area (Å²) in [6.45, 7) is 2.02. The van der Waals surface area contributed by atoms with Gasteiger partial charge in [0.2, 0.25) is 0 Å². The molecular formula is C8H9N2S. The van der Waals surface area contributed by atoms with Crippen LogP contribution in [0.1, 0.15) is 18.2 Å². The minimum absolute atomic E-state index is 0.377. The molecule has 0 aliphatic rings. The smallest absolute Gasteiger partial charge is 0.104 e. The molecule has 2 nitrogen and oxygen atoms in total. The molecule has 1 heterocycles. The number of hydrogen-bond acceptors (Lipinski definition) is 2. The number of aromatic nitrogens is 1. The first-order valence-corrected chi connectivity index (χ1v) is 3.82. The minimum Gasteiger partial charge on any atom is -0.389 e. The maximum absolute atomic E-state index is 5.41. The minimum atomic E-state index is 0.377. The van der Waals surface area contributed by atoms with Crippen molar-refractivity contribution in [2.45, 2.75) is 13.3 Å². The van der Waals surface area contributed by atoms with Crippen LogP contribution in [-0.4, -0.2) is 9.97 Å². The number of pyridine rings is 1. The molecule has 0 unspecified atom stereocenters. The van der Waals surface area contributed by atoms with Gasteiger partial charge in [-0.3, -0.25) is 4.98 Å². The fraction of sp³-hybridized carbons (Fsp3) is 0.250. The van der Waals surface area contributed by atoms with Gasteiger partial charge in [0.15, 0.2) is 0 Å². The lowest BCUT2D eigenvalue weighted by molar-refractivity contribution is 1.03. The van der Waals surface area contributed by atoms with Gasteiger partial charge < -0.3 is 5.73 Å². The molecule has 1 aromatic rings. The first-order chi connectivity index (χ1) is 5.24. The molecule has 0 bridgehead atoms. The van der Waals surface area contributed by atoms with Gasteiger partial charge in [0.1, 0.15) is 4.99 Å². The van der Waals surface area contributed by atoms with E-state index in [1.165, 1.54) is 0 Å². The van der Waals surface area contributed by atoms with Gasteiger partial charge in [-0.2, -0.15) is 0 Å². The normalized spacial score (nSPS) is 9.55. The van der Waals surface area contributed by atoms with Crippen molar-refractivity contribution in [2.24, 2.45) is 5.73 Å². The van der Waals surface area contributed by atoms with Crippen LogP contribution >= 0.6 is 12.2 Å². The summed E-state index contributed by atoms with van der Waals surface area (Å²) in [5, 5.41) is 0. The van der Waals surface area contributed by atoms with E-state index in [4.69, 9.17) is 18.0 Å². The van der Waals surface area contributed by atoms with Crippen molar-refractivity contribution in [3.05, 3.63) is 29.6 Å². The lowest BCUT2D eigenvalue weighted by atomic mass is 10.2. The molecule has 0 aliphatic carbocycles. The van der Waals surface area contributed by atoms with Gasteiger partial charge in [0, 0.05) is 23.5 Å². The fourth-order valence-corrected chi connectivity index (χ4v) is 0.874. The Hall–Kier alpha value is -0.960. The highest BCUT2D eigenvalue weighted by Crippen LogP contribution is 2.00. The van der Waals surface area contributed by atoms with E-state index in [-0.39, 0.29) is 0 Å². The second kappa shape index (κ2) is 3.44. The summed E-state index contributed by atoms with van der Waals surface area (Å²) in [5.74, 6) is 0. The fourth-order valence-electron chi connectivity index (χ4n) is 0.755. The van der Waals surface area contributed by atoms with Gasteiger partial charge in [-0.25, -0.2) is 0 Å². The Balaban J connectivity index is 3.01. The van der Waals surface area contributed by atoms with E-state index >= 15 is 0 Å². The lowest BCUT2D eigenvalue weighted by Gasteiger charge is -1.98. The zero-order valence-electron chi connectivity index (χ0n) is 6.29. The van der Waals surface area contributed by atoms with Gasteiger partial charge in [-0.1, -0.05) is 19.1 Å². The van der Waals surface area contributed by atoms with Crippen LogP contribution in [0.3, 0.4) is 0 Å². The van der Waals surface area contributed by atoms with E-state index in [9.17, 15) is 0 Å². The average Bonchev–Trinajstić information content (AvgIpc) is 2.05. The Morgan fingerprint density at radius 2 is 2.55 bits per heavy atom. The molecule has 1 rings (SSSR count). The molecule has 57 valence electrons. The molecule has 1 radical (unpaired) electrons. The second-order valence-electron chi connectivity index (χ2n) is 2.15. The van der Waals surface area contributed by atoms with Crippen LogP contribution in [0.25, 0.3) is 0 Å². The van der Waals surface area contributed by atoms with Crippen molar-refractivity contribution in [1.82, 2.24) is 4.98 Å². The SMILES string of the molecule is CCc1[c]c(C(N)=S)ccn1. The van der Waals surface area contributed by atoms with Crippen LogP contribution in [0.2, 0.25) is 0 Å². The maximum atomic E-state index is 5.41. The van der Waals surface area contributed by atoms with Gasteiger partial charge in [-0.15, -0.1) is 0 Å². The number of aryl methyl sites for hydroxylation is 1. The summed E-state index contributed by atoms with van der Waals surface area (Å²) in [6, 6.07) is 4.78. The van der Waals surface area contributed by atoms with Crippen molar-refractivity contribution in [1.29, 1.82) is 0 Å². The predicted molar refractivity (Wildman–Crippen MR) is 48.3 cm³/mol. The molecule has 0 saturated carbocycles. The van der Waals surface area contributed by atoms with Crippen molar-refractivity contribution < 1.29 is 0 Å². The van der Waals surface area contributed by atoms with E-state index < -0.39 is 0 Å². The molecule has 0 fully saturated rings. The Bertz CT molecular complexity index is 271. The van der Waals surface area contributed by atoms with Crippen LogP contribution in [0.4, 0.5) is 0 Å². The molecule has 0 spiro atoms. The van der Waals surface area contributed by atoms with Crippen molar-refractivity contribution in [3.8, 4) is 0 Å². The third kappa shape index (κ3) is 1.98. The van der Waals surface area contributed by atoms with E-state index in [2.05, 4.69) is 11.1 Å². The zero-order chi connectivity index (χ0) is 8.27. The number of nitrogens with two attached hydrogens (primary N) is 1. The number of rotatable bonds is 2. The largest absolute Gasteiger partial charge is 0.389 e. The van der Waals surface area contributed by atoms with Gasteiger partial charge in [0.05, 0.1) is 0 Å². The monoisotopic (exact) mass is 165 g/mol. The third-order valence-corrected chi connectivity index (χ3v) is 1.57. The molecule has 11 heavy (non-hydrogen) atoms. The third-order valence-electron chi connectivity index (χ3n) is 1.35. The molecule has 3 heteroatoms. The van der Waals surface area contributed by atoms with Crippen molar-refractivity contribution in [2.75, 3.05) is 0 Å². The van der Waals surface area contributed by atoms with Gasteiger partial charge >= 0.3 is 0 Å². The summed E-state index contributed by atoms with van der Waals surface area (Å²) in [6.07, 6.45) is 2.56. The quantitative estimate of drug-likeness (QED) is 0.666. The number of hydrogen-bond donors (Lipinski definition) is 1. The number of thiocarbonyl (C=S) groups is 1. The van der Waals surface area contributed by atoms with Crippen LogP contribution in [-0.2, 0) is 6.42 Å². The molecule has 1 aromatic heterocycles. The summed E-state index contributed by atoms with van der Waals surface area (Å²) in [4.78, 5) is 4.45. The second-order valence-corrected chi connectivity index (χ2v) is 2.59. The molecule has 0 atom stereocenters.